The maximum Gasteiger partial charge on any atom is 0.294 e. The Kier molecular flexibility index (Phi) is 5.94. The first kappa shape index (κ1) is 23.9. The molecule has 0 N–H and O–H groups in total. The van der Waals surface area contributed by atoms with E-state index in [1.54, 1.807) is 11.1 Å². The van der Waals surface area contributed by atoms with Crippen LogP contribution in [0.4, 0.5) is 0 Å². The fraction of sp³-hybridized carbons (Fsp3) is 0.289. The van der Waals surface area contributed by atoms with Crippen molar-refractivity contribution in [1.82, 2.24) is 4.57 Å². The summed E-state index contributed by atoms with van der Waals surface area (Å²) in [6, 6.07) is 34.1. The largest absolute Gasteiger partial charge is 0.294 e. The lowest BCUT2D eigenvalue weighted by Gasteiger charge is -2.22. The van der Waals surface area contributed by atoms with Crippen LogP contribution in [0.15, 0.2) is 103 Å². The molecule has 0 atom stereocenters. The minimum Gasteiger partial charge on any atom is -0.225 e. The standard InChI is InChI=1S/C38H37N2/c1-3-11-27(12-4-1)31-19-20-32-26-39-21-22-40(38(39)36(32)23-31)37-34(29-15-7-8-16-29)24-33(28-13-5-2-6-14-28)25-35(37)30-17-9-10-18-30/h1-6,11-14,19-25,29-30H,7-10,15-18,26H2/q+1. The molecule has 1 aliphatic heterocycles. The topological polar surface area (TPSA) is 8.81 Å². The molecule has 8 rings (SSSR count). The van der Waals surface area contributed by atoms with E-state index < -0.39 is 0 Å². The molecule has 3 aliphatic rings. The Morgan fingerprint density at radius 3 is 1.75 bits per heavy atom. The average Bonchev–Trinajstić information content (AvgIpc) is 3.83. The number of imidazole rings is 1. The van der Waals surface area contributed by atoms with Gasteiger partial charge in [-0.25, -0.2) is 4.57 Å². The third kappa shape index (κ3) is 4.04. The molecule has 0 unspecified atom stereocenters. The molecule has 0 spiro atoms. The van der Waals surface area contributed by atoms with Crippen molar-refractivity contribution in [3.63, 3.8) is 0 Å². The lowest BCUT2D eigenvalue weighted by atomic mass is 9.84. The summed E-state index contributed by atoms with van der Waals surface area (Å²) in [5.74, 6) is 2.62. The summed E-state index contributed by atoms with van der Waals surface area (Å²) in [5, 5.41) is 0. The Balaban J connectivity index is 1.35. The molecule has 40 heavy (non-hydrogen) atoms. The summed E-state index contributed by atoms with van der Waals surface area (Å²) >= 11 is 0. The second-order valence-electron chi connectivity index (χ2n) is 12.2. The van der Waals surface area contributed by atoms with Crippen LogP contribution in [0.1, 0.15) is 79.9 Å². The highest BCUT2D eigenvalue weighted by Crippen LogP contribution is 2.46. The van der Waals surface area contributed by atoms with Gasteiger partial charge in [0.2, 0.25) is 0 Å². The van der Waals surface area contributed by atoms with E-state index in [4.69, 9.17) is 0 Å². The lowest BCUT2D eigenvalue weighted by Crippen LogP contribution is -2.30. The third-order valence-electron chi connectivity index (χ3n) is 9.80. The Morgan fingerprint density at radius 1 is 0.575 bits per heavy atom. The zero-order valence-corrected chi connectivity index (χ0v) is 23.2. The number of rotatable bonds is 5. The second-order valence-corrected chi connectivity index (χ2v) is 12.2. The molecule has 2 aliphatic carbocycles. The molecular formula is C38H37N2+. The third-order valence-corrected chi connectivity index (χ3v) is 9.80. The van der Waals surface area contributed by atoms with Gasteiger partial charge in [-0.05, 0) is 78.0 Å². The van der Waals surface area contributed by atoms with E-state index in [0.717, 1.165) is 6.54 Å². The Hall–Kier alpha value is -3.91. The van der Waals surface area contributed by atoms with Crippen LogP contribution in [0.2, 0.25) is 0 Å². The van der Waals surface area contributed by atoms with E-state index in [-0.39, 0.29) is 0 Å². The highest BCUT2D eigenvalue weighted by Gasteiger charge is 2.36. The van der Waals surface area contributed by atoms with Gasteiger partial charge in [0.25, 0.3) is 5.82 Å². The zero-order chi connectivity index (χ0) is 26.5. The monoisotopic (exact) mass is 521 g/mol. The van der Waals surface area contributed by atoms with Crippen LogP contribution in [0.3, 0.4) is 0 Å². The van der Waals surface area contributed by atoms with Crippen LogP contribution < -0.4 is 4.57 Å². The first-order valence-corrected chi connectivity index (χ1v) is 15.4. The van der Waals surface area contributed by atoms with Gasteiger partial charge in [-0.15, -0.1) is 0 Å². The number of hydrogen-bond acceptors (Lipinski definition) is 0. The maximum absolute atomic E-state index is 2.59. The molecule has 4 aromatic carbocycles. The zero-order valence-electron chi connectivity index (χ0n) is 23.2. The van der Waals surface area contributed by atoms with Crippen molar-refractivity contribution in [1.29, 1.82) is 0 Å². The lowest BCUT2D eigenvalue weighted by molar-refractivity contribution is -0.671. The molecule has 1 aromatic heterocycles. The summed E-state index contributed by atoms with van der Waals surface area (Å²) in [6.07, 6.45) is 15.3. The van der Waals surface area contributed by atoms with Crippen molar-refractivity contribution in [3.05, 3.63) is 120 Å². The highest BCUT2D eigenvalue weighted by molar-refractivity contribution is 5.75. The van der Waals surface area contributed by atoms with Gasteiger partial charge < -0.3 is 0 Å². The van der Waals surface area contributed by atoms with Gasteiger partial charge in [0.15, 0.2) is 0 Å². The van der Waals surface area contributed by atoms with Crippen LogP contribution in [0, 0.1) is 0 Å². The molecule has 2 heterocycles. The van der Waals surface area contributed by atoms with Gasteiger partial charge in [-0.1, -0.05) is 98.5 Å². The van der Waals surface area contributed by atoms with Crippen molar-refractivity contribution < 1.29 is 4.57 Å². The van der Waals surface area contributed by atoms with Gasteiger partial charge in [0, 0.05) is 16.7 Å². The molecule has 2 saturated carbocycles. The predicted molar refractivity (Wildman–Crippen MR) is 164 cm³/mol. The van der Waals surface area contributed by atoms with E-state index in [9.17, 15) is 0 Å². The van der Waals surface area contributed by atoms with Crippen LogP contribution >= 0.6 is 0 Å². The Morgan fingerprint density at radius 2 is 1.15 bits per heavy atom. The van der Waals surface area contributed by atoms with Crippen molar-refractivity contribution in [2.45, 2.75) is 69.7 Å². The summed E-state index contributed by atoms with van der Waals surface area (Å²) in [6.45, 7) is 0.951. The van der Waals surface area contributed by atoms with Crippen molar-refractivity contribution in [2.75, 3.05) is 0 Å². The van der Waals surface area contributed by atoms with Gasteiger partial charge in [-0.3, -0.25) is 0 Å². The summed E-state index contributed by atoms with van der Waals surface area (Å²) in [7, 11) is 0. The predicted octanol–water partition coefficient (Wildman–Crippen LogP) is 9.44. The fourth-order valence-electron chi connectivity index (χ4n) is 7.79. The van der Waals surface area contributed by atoms with Gasteiger partial charge in [-0.2, -0.15) is 4.57 Å². The quantitative estimate of drug-likeness (QED) is 0.200. The van der Waals surface area contributed by atoms with Crippen molar-refractivity contribution in [2.24, 2.45) is 0 Å². The molecule has 0 saturated heterocycles. The number of aromatic nitrogens is 2. The average molecular weight is 522 g/mol. The second kappa shape index (κ2) is 9.93. The minimum atomic E-state index is 0.637. The number of benzene rings is 4. The molecule has 0 amide bonds. The smallest absolute Gasteiger partial charge is 0.225 e. The number of fused-ring (bicyclic) bond motifs is 3. The summed E-state index contributed by atoms with van der Waals surface area (Å²) in [5.41, 5.74) is 12.8. The Bertz CT molecular complexity index is 1630. The van der Waals surface area contributed by atoms with E-state index in [1.807, 2.05) is 0 Å². The van der Waals surface area contributed by atoms with E-state index in [2.05, 4.69) is 113 Å². The van der Waals surface area contributed by atoms with E-state index in [0.29, 0.717) is 11.8 Å². The Labute approximate surface area is 238 Å². The summed E-state index contributed by atoms with van der Waals surface area (Å²) < 4.78 is 5.07. The van der Waals surface area contributed by atoms with Crippen LogP contribution in [-0.2, 0) is 6.54 Å². The molecule has 0 radical (unpaired) electrons. The fourth-order valence-corrected chi connectivity index (χ4v) is 7.79. The molecule has 2 fully saturated rings. The SMILES string of the molecule is c1ccc(-c2ccc3c(c2)-c2n(-c4c(C5CCCC5)cc(-c5ccccc5)cc4C4CCCC4)cc[n+]2C3)cc1. The van der Waals surface area contributed by atoms with Gasteiger partial charge in [0.05, 0.1) is 5.56 Å². The molecule has 0 bridgehead atoms. The molecule has 2 heteroatoms. The number of nitrogens with zero attached hydrogens (tertiary/aromatic N) is 2. The van der Waals surface area contributed by atoms with Crippen LogP contribution in [0.25, 0.3) is 39.3 Å². The molecular weight excluding hydrogens is 484 g/mol. The normalized spacial score (nSPS) is 16.9. The van der Waals surface area contributed by atoms with E-state index >= 15 is 0 Å². The maximum atomic E-state index is 2.59. The molecule has 2 nitrogen and oxygen atoms in total. The van der Waals surface area contributed by atoms with Gasteiger partial charge in [0.1, 0.15) is 24.6 Å². The van der Waals surface area contributed by atoms with Crippen molar-refractivity contribution >= 4 is 0 Å². The first-order chi connectivity index (χ1) is 19.8. The van der Waals surface area contributed by atoms with Crippen LogP contribution in [-0.4, -0.2) is 4.57 Å². The summed E-state index contributed by atoms with van der Waals surface area (Å²) in [4.78, 5) is 0. The van der Waals surface area contributed by atoms with E-state index in [1.165, 1.54) is 96.3 Å². The molecule has 198 valence electrons. The van der Waals surface area contributed by atoms with Crippen molar-refractivity contribution in [3.8, 4) is 39.3 Å². The highest BCUT2D eigenvalue weighted by atomic mass is 15.2. The molecule has 5 aromatic rings. The number of hydrogen-bond donors (Lipinski definition) is 0. The minimum absolute atomic E-state index is 0.637. The van der Waals surface area contributed by atoms with Gasteiger partial charge >= 0.3 is 0 Å². The van der Waals surface area contributed by atoms with Crippen LogP contribution in [0.5, 0.6) is 0 Å². The first-order valence-electron chi connectivity index (χ1n) is 15.4.